The van der Waals surface area contributed by atoms with E-state index < -0.39 is 0 Å². The van der Waals surface area contributed by atoms with E-state index in [1.54, 1.807) is 6.26 Å². The Morgan fingerprint density at radius 1 is 1.33 bits per heavy atom. The van der Waals surface area contributed by atoms with Crippen molar-refractivity contribution >= 4 is 0 Å². The number of nitrogens with one attached hydrogen (secondary N) is 1. The Balaban J connectivity index is 2.11. The Hall–Kier alpha value is -0.760. The molecular formula is C16H27NO. The first-order valence-corrected chi connectivity index (χ1v) is 7.63. The second-order valence-corrected chi connectivity index (χ2v) is 5.56. The lowest BCUT2D eigenvalue weighted by atomic mass is 9.73. The number of rotatable bonds is 6. The quantitative estimate of drug-likeness (QED) is 0.801. The van der Waals surface area contributed by atoms with E-state index in [-0.39, 0.29) is 0 Å². The van der Waals surface area contributed by atoms with Gasteiger partial charge in [0, 0.05) is 0 Å². The molecule has 0 bridgehead atoms. The zero-order chi connectivity index (χ0) is 12.8. The summed E-state index contributed by atoms with van der Waals surface area (Å²) in [5.74, 6) is 2.74. The Bertz CT molecular complexity index is 320. The molecule has 0 aromatic carbocycles. The van der Waals surface area contributed by atoms with Crippen LogP contribution in [0.4, 0.5) is 0 Å². The molecule has 2 rings (SSSR count). The second-order valence-electron chi connectivity index (χ2n) is 5.56. The Kier molecular flexibility index (Phi) is 5.30. The van der Waals surface area contributed by atoms with Gasteiger partial charge in [-0.15, -0.1) is 0 Å². The van der Waals surface area contributed by atoms with Crippen molar-refractivity contribution in [2.75, 3.05) is 6.54 Å². The van der Waals surface area contributed by atoms with Crippen LogP contribution < -0.4 is 5.32 Å². The fourth-order valence-corrected chi connectivity index (χ4v) is 3.41. The van der Waals surface area contributed by atoms with E-state index in [1.165, 1.54) is 38.5 Å². The van der Waals surface area contributed by atoms with Gasteiger partial charge in [0.15, 0.2) is 0 Å². The normalized spacial score (nSPS) is 26.1. The summed E-state index contributed by atoms with van der Waals surface area (Å²) < 4.78 is 5.68. The minimum Gasteiger partial charge on any atom is -0.468 e. The maximum absolute atomic E-state index is 5.68. The third kappa shape index (κ3) is 3.17. The van der Waals surface area contributed by atoms with Crippen LogP contribution in [-0.4, -0.2) is 6.54 Å². The monoisotopic (exact) mass is 249 g/mol. The molecule has 1 aliphatic rings. The van der Waals surface area contributed by atoms with E-state index in [0.717, 1.165) is 24.1 Å². The Morgan fingerprint density at radius 2 is 2.17 bits per heavy atom. The van der Waals surface area contributed by atoms with Gasteiger partial charge >= 0.3 is 0 Å². The standard InChI is InChI=1S/C16H27NO/c1-3-11-17-16(15-10-7-12-18-15)14-9-6-5-8-13(14)4-2/h7,10,12-14,16-17H,3-6,8-9,11H2,1-2H3. The second kappa shape index (κ2) is 6.98. The molecule has 1 fully saturated rings. The molecular weight excluding hydrogens is 222 g/mol. The molecule has 0 saturated heterocycles. The molecule has 3 unspecified atom stereocenters. The average Bonchev–Trinajstić information content (AvgIpc) is 2.94. The first kappa shape index (κ1) is 13.7. The van der Waals surface area contributed by atoms with Crippen LogP contribution in [0.1, 0.15) is 64.2 Å². The van der Waals surface area contributed by atoms with E-state index >= 15 is 0 Å². The Labute approximate surface area is 111 Å². The molecule has 102 valence electrons. The first-order chi connectivity index (χ1) is 8.86. The highest BCUT2D eigenvalue weighted by Crippen LogP contribution is 2.40. The number of hydrogen-bond donors (Lipinski definition) is 1. The van der Waals surface area contributed by atoms with Gasteiger partial charge in [-0.05, 0) is 43.4 Å². The molecule has 2 nitrogen and oxygen atoms in total. The van der Waals surface area contributed by atoms with Gasteiger partial charge in [0.25, 0.3) is 0 Å². The summed E-state index contributed by atoms with van der Waals surface area (Å²) in [6, 6.07) is 4.57. The smallest absolute Gasteiger partial charge is 0.120 e. The summed E-state index contributed by atoms with van der Waals surface area (Å²) in [6.07, 6.45) is 9.82. The third-order valence-corrected chi connectivity index (χ3v) is 4.38. The summed E-state index contributed by atoms with van der Waals surface area (Å²) in [4.78, 5) is 0. The van der Waals surface area contributed by atoms with Crippen LogP contribution in [0.15, 0.2) is 22.8 Å². The zero-order valence-corrected chi connectivity index (χ0v) is 11.8. The third-order valence-electron chi connectivity index (χ3n) is 4.38. The van der Waals surface area contributed by atoms with Gasteiger partial charge in [0.2, 0.25) is 0 Å². The van der Waals surface area contributed by atoms with Crippen molar-refractivity contribution in [2.24, 2.45) is 11.8 Å². The summed E-state index contributed by atoms with van der Waals surface area (Å²) >= 11 is 0. The minimum atomic E-state index is 0.421. The van der Waals surface area contributed by atoms with Crippen LogP contribution in [0.3, 0.4) is 0 Å². The van der Waals surface area contributed by atoms with Crippen molar-refractivity contribution in [3.8, 4) is 0 Å². The van der Waals surface area contributed by atoms with Crippen molar-refractivity contribution in [3.63, 3.8) is 0 Å². The highest BCUT2D eigenvalue weighted by atomic mass is 16.3. The van der Waals surface area contributed by atoms with Gasteiger partial charge in [-0.25, -0.2) is 0 Å². The molecule has 1 heterocycles. The maximum atomic E-state index is 5.68. The molecule has 0 spiro atoms. The lowest BCUT2D eigenvalue weighted by Gasteiger charge is -2.36. The van der Waals surface area contributed by atoms with Gasteiger partial charge < -0.3 is 9.73 Å². The molecule has 1 aliphatic carbocycles. The molecule has 3 atom stereocenters. The van der Waals surface area contributed by atoms with Gasteiger partial charge in [-0.3, -0.25) is 0 Å². The molecule has 18 heavy (non-hydrogen) atoms. The average molecular weight is 249 g/mol. The molecule has 2 heteroatoms. The van der Waals surface area contributed by atoms with Gasteiger partial charge in [0.1, 0.15) is 5.76 Å². The van der Waals surface area contributed by atoms with Crippen molar-refractivity contribution < 1.29 is 4.42 Å². The predicted molar refractivity (Wildman–Crippen MR) is 75.5 cm³/mol. The Morgan fingerprint density at radius 3 is 2.83 bits per heavy atom. The van der Waals surface area contributed by atoms with E-state index in [0.29, 0.717) is 6.04 Å². The highest BCUT2D eigenvalue weighted by Gasteiger charge is 2.32. The predicted octanol–water partition coefficient (Wildman–Crippen LogP) is 4.54. The lowest BCUT2D eigenvalue weighted by Crippen LogP contribution is -2.34. The highest BCUT2D eigenvalue weighted by molar-refractivity contribution is 5.07. The summed E-state index contributed by atoms with van der Waals surface area (Å²) in [6.45, 7) is 5.64. The molecule has 0 radical (unpaired) electrons. The number of hydrogen-bond acceptors (Lipinski definition) is 2. The molecule has 1 N–H and O–H groups in total. The summed E-state index contributed by atoms with van der Waals surface area (Å²) in [5, 5.41) is 3.71. The molecule has 1 saturated carbocycles. The molecule has 0 aliphatic heterocycles. The fourth-order valence-electron chi connectivity index (χ4n) is 3.41. The molecule has 0 amide bonds. The fraction of sp³-hybridized carbons (Fsp3) is 0.750. The zero-order valence-electron chi connectivity index (χ0n) is 11.8. The van der Waals surface area contributed by atoms with Crippen molar-refractivity contribution in [3.05, 3.63) is 24.2 Å². The van der Waals surface area contributed by atoms with Crippen LogP contribution in [0.2, 0.25) is 0 Å². The van der Waals surface area contributed by atoms with Gasteiger partial charge in [0.05, 0.1) is 12.3 Å². The maximum Gasteiger partial charge on any atom is 0.120 e. The van der Waals surface area contributed by atoms with Crippen LogP contribution in [0, 0.1) is 11.8 Å². The minimum absolute atomic E-state index is 0.421. The van der Waals surface area contributed by atoms with E-state index in [4.69, 9.17) is 4.42 Å². The van der Waals surface area contributed by atoms with E-state index in [9.17, 15) is 0 Å². The van der Waals surface area contributed by atoms with Crippen molar-refractivity contribution in [1.82, 2.24) is 5.32 Å². The van der Waals surface area contributed by atoms with Crippen LogP contribution in [0.5, 0.6) is 0 Å². The van der Waals surface area contributed by atoms with Crippen molar-refractivity contribution in [1.29, 1.82) is 0 Å². The topological polar surface area (TPSA) is 25.2 Å². The van der Waals surface area contributed by atoms with Crippen molar-refractivity contribution in [2.45, 2.75) is 58.4 Å². The molecule has 1 aromatic heterocycles. The number of furan rings is 1. The molecule has 1 aromatic rings. The summed E-state index contributed by atoms with van der Waals surface area (Å²) in [5.41, 5.74) is 0. The summed E-state index contributed by atoms with van der Waals surface area (Å²) in [7, 11) is 0. The van der Waals surface area contributed by atoms with Crippen LogP contribution in [0.25, 0.3) is 0 Å². The van der Waals surface area contributed by atoms with Crippen LogP contribution in [-0.2, 0) is 0 Å². The van der Waals surface area contributed by atoms with Crippen LogP contribution >= 0.6 is 0 Å². The SMILES string of the molecule is CCCNC(c1ccco1)C1CCCCC1CC. The first-order valence-electron chi connectivity index (χ1n) is 7.63. The van der Waals surface area contributed by atoms with Gasteiger partial charge in [-0.1, -0.05) is 39.5 Å². The van der Waals surface area contributed by atoms with E-state index in [2.05, 4.69) is 25.2 Å². The van der Waals surface area contributed by atoms with Gasteiger partial charge in [-0.2, -0.15) is 0 Å². The lowest BCUT2D eigenvalue weighted by molar-refractivity contribution is 0.161. The van der Waals surface area contributed by atoms with E-state index in [1.807, 2.05) is 6.07 Å². The largest absolute Gasteiger partial charge is 0.468 e.